The lowest BCUT2D eigenvalue weighted by atomic mass is 9.97. The fourth-order valence-electron chi connectivity index (χ4n) is 4.28. The van der Waals surface area contributed by atoms with Gasteiger partial charge < -0.3 is 4.90 Å². The summed E-state index contributed by atoms with van der Waals surface area (Å²) in [5, 5.41) is 1.79. The monoisotopic (exact) mass is 429 g/mol. The number of aromatic nitrogens is 2. The number of fused-ring (bicyclic) bond motifs is 1. The van der Waals surface area contributed by atoms with Gasteiger partial charge in [-0.3, -0.25) is 9.36 Å². The number of rotatable bonds is 4. The number of piperidine rings is 1. The fraction of sp³-hybridized carbons (Fsp3) is 0.391. The summed E-state index contributed by atoms with van der Waals surface area (Å²) in [7, 11) is 0. The van der Waals surface area contributed by atoms with Crippen LogP contribution in [0.4, 0.5) is 0 Å². The highest BCUT2D eigenvalue weighted by molar-refractivity contribution is 6.36. The van der Waals surface area contributed by atoms with E-state index in [1.807, 2.05) is 35.8 Å². The maximum atomic E-state index is 13.4. The smallest absolute Gasteiger partial charge is 0.261 e. The van der Waals surface area contributed by atoms with Crippen molar-refractivity contribution in [3.63, 3.8) is 0 Å². The van der Waals surface area contributed by atoms with Crippen LogP contribution < -0.4 is 5.56 Å². The van der Waals surface area contributed by atoms with Crippen molar-refractivity contribution in [2.24, 2.45) is 5.92 Å². The summed E-state index contributed by atoms with van der Waals surface area (Å²) in [4.78, 5) is 20.5. The van der Waals surface area contributed by atoms with Crippen LogP contribution in [0, 0.1) is 12.8 Å². The molecule has 0 radical (unpaired) electrons. The van der Waals surface area contributed by atoms with E-state index in [0.717, 1.165) is 55.1 Å². The molecule has 6 heteroatoms. The summed E-state index contributed by atoms with van der Waals surface area (Å²) >= 11 is 12.4. The average Bonchev–Trinajstić information content (AvgIpc) is 2.71. The molecule has 1 aromatic heterocycles. The van der Waals surface area contributed by atoms with Gasteiger partial charge in [-0.15, -0.1) is 0 Å². The summed E-state index contributed by atoms with van der Waals surface area (Å²) in [6, 6.07) is 11.2. The molecule has 4 rings (SSSR count). The van der Waals surface area contributed by atoms with E-state index < -0.39 is 0 Å². The van der Waals surface area contributed by atoms with Crippen LogP contribution in [0.2, 0.25) is 10.0 Å². The molecule has 2 heterocycles. The average molecular weight is 430 g/mol. The predicted molar refractivity (Wildman–Crippen MR) is 121 cm³/mol. The zero-order valence-electron chi connectivity index (χ0n) is 16.8. The van der Waals surface area contributed by atoms with Crippen molar-refractivity contribution in [2.75, 3.05) is 19.6 Å². The third kappa shape index (κ3) is 4.20. The summed E-state index contributed by atoms with van der Waals surface area (Å²) in [6.07, 6.45) is 2.34. The van der Waals surface area contributed by atoms with E-state index in [1.165, 1.54) is 6.42 Å². The molecule has 1 atom stereocenters. The van der Waals surface area contributed by atoms with Gasteiger partial charge in [0.1, 0.15) is 5.82 Å². The Bertz CT molecular complexity index is 1110. The minimum absolute atomic E-state index is 0.0213. The second-order valence-corrected chi connectivity index (χ2v) is 8.68. The third-order valence-corrected chi connectivity index (χ3v) is 6.43. The molecule has 29 heavy (non-hydrogen) atoms. The summed E-state index contributed by atoms with van der Waals surface area (Å²) < 4.78 is 1.85. The molecular formula is C23H25Cl2N3O. The lowest BCUT2D eigenvalue weighted by molar-refractivity contribution is 0.168. The van der Waals surface area contributed by atoms with Gasteiger partial charge in [-0.2, -0.15) is 0 Å². The lowest BCUT2D eigenvalue weighted by Gasteiger charge is -2.32. The Morgan fingerprint density at radius 2 is 2.00 bits per heavy atom. The van der Waals surface area contributed by atoms with E-state index in [1.54, 1.807) is 12.1 Å². The van der Waals surface area contributed by atoms with Crippen molar-refractivity contribution < 1.29 is 0 Å². The first kappa shape index (κ1) is 20.4. The Morgan fingerprint density at radius 3 is 2.76 bits per heavy atom. The molecule has 0 aliphatic carbocycles. The fourth-order valence-corrected chi connectivity index (χ4v) is 4.80. The molecule has 3 aromatic rings. The summed E-state index contributed by atoms with van der Waals surface area (Å²) in [5.74, 6) is 1.25. The number of aryl methyl sites for hydroxylation is 1. The molecule has 4 nitrogen and oxygen atoms in total. The highest BCUT2D eigenvalue weighted by Crippen LogP contribution is 2.31. The number of benzene rings is 2. The first-order chi connectivity index (χ1) is 14.0. The molecule has 2 aromatic carbocycles. The van der Waals surface area contributed by atoms with Crippen molar-refractivity contribution >= 4 is 34.1 Å². The van der Waals surface area contributed by atoms with Gasteiger partial charge in [0.2, 0.25) is 0 Å². The minimum Gasteiger partial charge on any atom is -0.303 e. The maximum absolute atomic E-state index is 13.4. The topological polar surface area (TPSA) is 38.1 Å². The highest BCUT2D eigenvalue weighted by atomic mass is 35.5. The number of halogens is 2. The summed E-state index contributed by atoms with van der Waals surface area (Å²) in [5.41, 5.74) is 2.49. The van der Waals surface area contributed by atoms with Crippen LogP contribution in [0.1, 0.15) is 25.6 Å². The number of hydrogen-bond donors (Lipinski definition) is 0. The number of hydrogen-bond acceptors (Lipinski definition) is 3. The largest absolute Gasteiger partial charge is 0.303 e. The Morgan fingerprint density at radius 1 is 1.17 bits per heavy atom. The van der Waals surface area contributed by atoms with E-state index in [0.29, 0.717) is 21.3 Å². The van der Waals surface area contributed by atoms with Gasteiger partial charge in [0, 0.05) is 28.7 Å². The Balaban J connectivity index is 1.74. The number of likely N-dealkylation sites (tertiary alicyclic amines) is 1. The van der Waals surface area contributed by atoms with Gasteiger partial charge in [0.25, 0.3) is 5.56 Å². The first-order valence-electron chi connectivity index (χ1n) is 10.1. The van der Waals surface area contributed by atoms with Crippen molar-refractivity contribution in [3.8, 4) is 11.1 Å². The van der Waals surface area contributed by atoms with Gasteiger partial charge in [0.05, 0.1) is 10.9 Å². The van der Waals surface area contributed by atoms with E-state index in [4.69, 9.17) is 28.2 Å². The van der Waals surface area contributed by atoms with E-state index in [-0.39, 0.29) is 5.56 Å². The zero-order valence-corrected chi connectivity index (χ0v) is 18.3. The van der Waals surface area contributed by atoms with Crippen LogP contribution in [0.3, 0.4) is 0 Å². The van der Waals surface area contributed by atoms with Gasteiger partial charge in [-0.05, 0) is 68.6 Å². The molecule has 0 amide bonds. The van der Waals surface area contributed by atoms with Crippen molar-refractivity contribution in [3.05, 3.63) is 62.6 Å². The first-order valence-corrected chi connectivity index (χ1v) is 10.9. The molecule has 0 N–H and O–H groups in total. The predicted octanol–water partition coefficient (Wildman–Crippen LogP) is 5.41. The Labute approximate surface area is 181 Å². The Kier molecular flexibility index (Phi) is 5.95. The van der Waals surface area contributed by atoms with E-state index >= 15 is 0 Å². The van der Waals surface area contributed by atoms with Gasteiger partial charge in [-0.25, -0.2) is 4.98 Å². The van der Waals surface area contributed by atoms with Crippen LogP contribution in [0.15, 0.2) is 41.2 Å². The molecule has 0 bridgehead atoms. The highest BCUT2D eigenvalue weighted by Gasteiger charge is 2.21. The quantitative estimate of drug-likeness (QED) is 0.556. The second kappa shape index (κ2) is 8.47. The van der Waals surface area contributed by atoms with E-state index in [9.17, 15) is 4.79 Å². The molecule has 1 aliphatic rings. The molecule has 0 saturated carbocycles. The second-order valence-electron chi connectivity index (χ2n) is 7.83. The van der Waals surface area contributed by atoms with Gasteiger partial charge in [0.15, 0.2) is 0 Å². The van der Waals surface area contributed by atoms with Gasteiger partial charge in [-0.1, -0.05) is 42.3 Å². The number of nitrogens with zero attached hydrogens (tertiary/aromatic N) is 3. The van der Waals surface area contributed by atoms with Crippen LogP contribution >= 0.6 is 23.2 Å². The molecule has 152 valence electrons. The minimum atomic E-state index is 0.0213. The maximum Gasteiger partial charge on any atom is 0.261 e. The normalized spacial score (nSPS) is 17.7. The van der Waals surface area contributed by atoms with Crippen LogP contribution in [-0.4, -0.2) is 34.1 Å². The van der Waals surface area contributed by atoms with Crippen molar-refractivity contribution in [2.45, 2.75) is 33.2 Å². The Hall–Kier alpha value is -1.88. The lowest BCUT2D eigenvalue weighted by Crippen LogP contribution is -2.38. The van der Waals surface area contributed by atoms with E-state index in [2.05, 4.69) is 11.8 Å². The zero-order chi connectivity index (χ0) is 20.5. The molecule has 1 fully saturated rings. The van der Waals surface area contributed by atoms with Crippen molar-refractivity contribution in [1.82, 2.24) is 14.5 Å². The standard InChI is InChI=1S/C23H25Cl2N3O/c1-3-27-10-4-5-16(13-27)14-28-15(2)26-22-9-6-17(11-20(22)23(28)29)19-8-7-18(24)12-21(19)25/h6-9,11-12,16H,3-5,10,13-14H2,1-2H3/t16-/m0/s1. The van der Waals surface area contributed by atoms with Crippen molar-refractivity contribution in [1.29, 1.82) is 0 Å². The molecule has 1 saturated heterocycles. The van der Waals surface area contributed by atoms with Gasteiger partial charge >= 0.3 is 0 Å². The molecule has 0 spiro atoms. The molecule has 0 unspecified atom stereocenters. The third-order valence-electron chi connectivity index (χ3n) is 5.88. The molecular weight excluding hydrogens is 405 g/mol. The van der Waals surface area contributed by atoms with Crippen LogP contribution in [0.5, 0.6) is 0 Å². The van der Waals surface area contributed by atoms with Crippen LogP contribution in [-0.2, 0) is 6.54 Å². The molecule has 1 aliphatic heterocycles. The summed E-state index contributed by atoms with van der Waals surface area (Å²) in [6.45, 7) is 8.09. The SMILES string of the molecule is CCN1CCC[C@H](Cn2c(C)nc3ccc(-c4ccc(Cl)cc4Cl)cc3c2=O)C1. The van der Waals surface area contributed by atoms with Crippen LogP contribution in [0.25, 0.3) is 22.0 Å².